The van der Waals surface area contributed by atoms with E-state index in [4.69, 9.17) is 5.73 Å². The molecule has 5 nitrogen and oxygen atoms in total. The number of para-hydroxylation sites is 1. The largest absolute Gasteiger partial charge is 0.508 e. The average molecular weight is 306 g/mol. The molecule has 112 valence electrons. The summed E-state index contributed by atoms with van der Waals surface area (Å²) in [6, 6.07) is 11.5. The first-order valence-electron chi connectivity index (χ1n) is 6.41. The summed E-state index contributed by atoms with van der Waals surface area (Å²) in [6.45, 7) is 1.92. The number of phenolic OH excluding ortho intramolecular Hbond substituents is 1. The predicted molar refractivity (Wildman–Crippen MR) is 82.4 cm³/mol. The molecule has 21 heavy (non-hydrogen) atoms. The zero-order valence-electron chi connectivity index (χ0n) is 11.9. The monoisotopic (exact) mass is 306 g/mol. The minimum Gasteiger partial charge on any atom is -0.508 e. The topological polar surface area (TPSA) is 83.6 Å². The van der Waals surface area contributed by atoms with Crippen molar-refractivity contribution in [2.45, 2.75) is 18.4 Å². The van der Waals surface area contributed by atoms with Gasteiger partial charge in [0.15, 0.2) is 0 Å². The molecule has 0 amide bonds. The van der Waals surface area contributed by atoms with Crippen molar-refractivity contribution in [1.29, 1.82) is 0 Å². The third kappa shape index (κ3) is 3.17. The first-order chi connectivity index (χ1) is 9.82. The van der Waals surface area contributed by atoms with Gasteiger partial charge in [-0.1, -0.05) is 24.3 Å². The van der Waals surface area contributed by atoms with Crippen LogP contribution in [-0.2, 0) is 16.6 Å². The Balaban J connectivity index is 2.33. The fourth-order valence-corrected chi connectivity index (χ4v) is 3.28. The van der Waals surface area contributed by atoms with Gasteiger partial charge in [-0.05, 0) is 30.7 Å². The number of nitrogens with zero attached hydrogens (tertiary/aromatic N) is 1. The molecule has 0 saturated heterocycles. The van der Waals surface area contributed by atoms with Gasteiger partial charge in [-0.3, -0.25) is 0 Å². The van der Waals surface area contributed by atoms with Crippen molar-refractivity contribution in [1.82, 2.24) is 4.31 Å². The van der Waals surface area contributed by atoms with Crippen LogP contribution in [0.15, 0.2) is 47.4 Å². The maximum absolute atomic E-state index is 12.5. The van der Waals surface area contributed by atoms with Crippen LogP contribution >= 0.6 is 0 Å². The van der Waals surface area contributed by atoms with Crippen LogP contribution in [0.1, 0.15) is 11.1 Å². The van der Waals surface area contributed by atoms with E-state index < -0.39 is 10.0 Å². The van der Waals surface area contributed by atoms with E-state index in [1.54, 1.807) is 30.3 Å². The maximum atomic E-state index is 12.5. The molecule has 0 spiro atoms. The van der Waals surface area contributed by atoms with Crippen LogP contribution in [0.25, 0.3) is 0 Å². The molecular formula is C15H18N2O3S. The van der Waals surface area contributed by atoms with Gasteiger partial charge in [0.25, 0.3) is 0 Å². The van der Waals surface area contributed by atoms with Gasteiger partial charge in [-0.15, -0.1) is 0 Å². The summed E-state index contributed by atoms with van der Waals surface area (Å²) < 4.78 is 26.3. The van der Waals surface area contributed by atoms with Gasteiger partial charge < -0.3 is 10.8 Å². The van der Waals surface area contributed by atoms with E-state index >= 15 is 0 Å². The van der Waals surface area contributed by atoms with Gasteiger partial charge in [0.05, 0.1) is 5.69 Å². The molecule has 0 aliphatic rings. The predicted octanol–water partition coefficient (Wildman–Crippen LogP) is 2.10. The number of phenols is 1. The molecule has 0 heterocycles. The highest BCUT2D eigenvalue weighted by Crippen LogP contribution is 2.25. The average Bonchev–Trinajstić information content (AvgIpc) is 2.40. The summed E-state index contributed by atoms with van der Waals surface area (Å²) in [5.41, 5.74) is 7.47. The molecule has 2 aromatic rings. The van der Waals surface area contributed by atoms with E-state index in [2.05, 4.69) is 0 Å². The van der Waals surface area contributed by atoms with Gasteiger partial charge in [0.2, 0.25) is 10.0 Å². The SMILES string of the molecule is Cc1ccc(S(=O)(=O)N(C)Cc2ccccc2O)c(N)c1. The molecule has 0 fully saturated rings. The Morgan fingerprint density at radius 1 is 1.19 bits per heavy atom. The first kappa shape index (κ1) is 15.3. The molecule has 0 radical (unpaired) electrons. The summed E-state index contributed by atoms with van der Waals surface area (Å²) in [7, 11) is -2.24. The van der Waals surface area contributed by atoms with E-state index in [-0.39, 0.29) is 22.9 Å². The van der Waals surface area contributed by atoms with Crippen LogP contribution in [0.3, 0.4) is 0 Å². The minimum atomic E-state index is -3.70. The van der Waals surface area contributed by atoms with Crippen LogP contribution in [0, 0.1) is 6.92 Å². The van der Waals surface area contributed by atoms with Crippen LogP contribution in [0.2, 0.25) is 0 Å². The summed E-state index contributed by atoms with van der Waals surface area (Å²) in [4.78, 5) is 0.0750. The minimum absolute atomic E-state index is 0.0661. The third-order valence-corrected chi connectivity index (χ3v) is 5.12. The fraction of sp³-hybridized carbons (Fsp3) is 0.200. The van der Waals surface area contributed by atoms with Crippen molar-refractivity contribution in [3.05, 3.63) is 53.6 Å². The molecule has 0 aliphatic heterocycles. The molecule has 2 rings (SSSR count). The van der Waals surface area contributed by atoms with Crippen LogP contribution in [0.4, 0.5) is 5.69 Å². The summed E-state index contributed by atoms with van der Waals surface area (Å²) in [5.74, 6) is 0.0661. The Bertz CT molecular complexity index is 757. The lowest BCUT2D eigenvalue weighted by atomic mass is 10.2. The van der Waals surface area contributed by atoms with Gasteiger partial charge >= 0.3 is 0 Å². The number of nitrogen functional groups attached to an aromatic ring is 1. The van der Waals surface area contributed by atoms with Gasteiger partial charge in [0.1, 0.15) is 10.6 Å². The number of anilines is 1. The van der Waals surface area contributed by atoms with Crippen molar-refractivity contribution in [3.63, 3.8) is 0 Å². The molecule has 3 N–H and O–H groups in total. The second-order valence-electron chi connectivity index (χ2n) is 4.93. The van der Waals surface area contributed by atoms with E-state index in [1.165, 1.54) is 23.5 Å². The number of sulfonamides is 1. The van der Waals surface area contributed by atoms with Crippen molar-refractivity contribution in [2.75, 3.05) is 12.8 Å². The van der Waals surface area contributed by atoms with Gasteiger partial charge in [-0.2, -0.15) is 4.31 Å². The number of hydrogen-bond acceptors (Lipinski definition) is 4. The standard InChI is InChI=1S/C15H18N2O3S/c1-11-7-8-15(13(16)9-11)21(19,20)17(2)10-12-5-3-4-6-14(12)18/h3-9,18H,10,16H2,1-2H3. The van der Waals surface area contributed by atoms with Crippen LogP contribution in [0.5, 0.6) is 5.75 Å². The Morgan fingerprint density at radius 3 is 2.48 bits per heavy atom. The highest BCUT2D eigenvalue weighted by molar-refractivity contribution is 7.89. The normalized spacial score (nSPS) is 11.8. The summed E-state index contributed by atoms with van der Waals surface area (Å²) in [6.07, 6.45) is 0. The number of aromatic hydroxyl groups is 1. The van der Waals surface area contributed by atoms with Gasteiger partial charge in [0, 0.05) is 19.2 Å². The van der Waals surface area contributed by atoms with Gasteiger partial charge in [-0.25, -0.2) is 8.42 Å². The molecule has 0 aliphatic carbocycles. The van der Waals surface area contributed by atoms with E-state index in [9.17, 15) is 13.5 Å². The zero-order chi connectivity index (χ0) is 15.6. The summed E-state index contributed by atoms with van der Waals surface area (Å²) >= 11 is 0. The maximum Gasteiger partial charge on any atom is 0.245 e. The lowest BCUT2D eigenvalue weighted by Crippen LogP contribution is -2.27. The quantitative estimate of drug-likeness (QED) is 0.847. The third-order valence-electron chi connectivity index (χ3n) is 3.24. The smallest absolute Gasteiger partial charge is 0.245 e. The molecule has 0 atom stereocenters. The second-order valence-corrected chi connectivity index (χ2v) is 6.94. The molecule has 2 aromatic carbocycles. The Hall–Kier alpha value is -2.05. The highest BCUT2D eigenvalue weighted by Gasteiger charge is 2.24. The van der Waals surface area contributed by atoms with Crippen LogP contribution < -0.4 is 5.73 Å². The van der Waals surface area contributed by atoms with Crippen LogP contribution in [-0.4, -0.2) is 24.9 Å². The lowest BCUT2D eigenvalue weighted by molar-refractivity contribution is 0.436. The molecular weight excluding hydrogens is 288 g/mol. The Labute approximate surface area is 124 Å². The number of hydrogen-bond donors (Lipinski definition) is 2. The Morgan fingerprint density at radius 2 is 1.86 bits per heavy atom. The van der Waals surface area contributed by atoms with E-state index in [1.807, 2.05) is 6.92 Å². The number of nitrogens with two attached hydrogens (primary N) is 1. The number of aryl methyl sites for hydroxylation is 1. The lowest BCUT2D eigenvalue weighted by Gasteiger charge is -2.19. The zero-order valence-corrected chi connectivity index (χ0v) is 12.8. The van der Waals surface area contributed by atoms with Crippen molar-refractivity contribution >= 4 is 15.7 Å². The van der Waals surface area contributed by atoms with Crippen molar-refractivity contribution in [2.24, 2.45) is 0 Å². The van der Waals surface area contributed by atoms with E-state index in [0.717, 1.165) is 5.56 Å². The molecule has 6 heteroatoms. The number of rotatable bonds is 4. The number of benzene rings is 2. The highest BCUT2D eigenvalue weighted by atomic mass is 32.2. The fourth-order valence-electron chi connectivity index (χ4n) is 2.04. The molecule has 0 bridgehead atoms. The molecule has 0 saturated carbocycles. The van der Waals surface area contributed by atoms with Crippen molar-refractivity contribution < 1.29 is 13.5 Å². The van der Waals surface area contributed by atoms with E-state index in [0.29, 0.717) is 5.56 Å². The first-order valence-corrected chi connectivity index (χ1v) is 7.85. The summed E-state index contributed by atoms with van der Waals surface area (Å²) in [5, 5.41) is 9.74. The second kappa shape index (κ2) is 5.75. The molecule has 0 unspecified atom stereocenters. The van der Waals surface area contributed by atoms with Crippen molar-refractivity contribution in [3.8, 4) is 5.75 Å². The Kier molecular flexibility index (Phi) is 4.20. The molecule has 0 aromatic heterocycles.